The van der Waals surface area contributed by atoms with E-state index in [0.29, 0.717) is 24.2 Å². The highest BCUT2D eigenvalue weighted by molar-refractivity contribution is 5.66. The van der Waals surface area contributed by atoms with Gasteiger partial charge >= 0.3 is 5.97 Å². The molecule has 3 saturated carbocycles. The Morgan fingerprint density at radius 3 is 2.65 bits per heavy atom. The van der Waals surface area contributed by atoms with Gasteiger partial charge in [-0.1, -0.05) is 25.5 Å². The van der Waals surface area contributed by atoms with Gasteiger partial charge in [0.15, 0.2) is 5.60 Å². The van der Waals surface area contributed by atoms with Gasteiger partial charge in [-0.3, -0.25) is 4.79 Å². The molecule has 142 valence electrons. The fourth-order valence-electron chi connectivity index (χ4n) is 7.16. The maximum Gasteiger partial charge on any atom is 0.302 e. The third-order valence-corrected chi connectivity index (χ3v) is 8.73. The summed E-state index contributed by atoms with van der Waals surface area (Å²) >= 11 is 0. The van der Waals surface area contributed by atoms with Crippen molar-refractivity contribution in [3.63, 3.8) is 0 Å². The minimum absolute atomic E-state index is 0.0346. The van der Waals surface area contributed by atoms with Crippen LogP contribution in [-0.2, 0) is 9.53 Å². The van der Waals surface area contributed by atoms with Crippen molar-refractivity contribution in [1.29, 1.82) is 5.26 Å². The van der Waals surface area contributed by atoms with Crippen molar-refractivity contribution in [2.45, 2.75) is 83.8 Å². The molecular weight excluding hydrogens is 326 g/mol. The molecule has 4 heteroatoms. The molecule has 0 radical (unpaired) electrons. The lowest BCUT2D eigenvalue weighted by molar-refractivity contribution is -0.149. The average Bonchev–Trinajstić information content (AvgIpc) is 2.87. The second kappa shape index (κ2) is 5.83. The van der Waals surface area contributed by atoms with Gasteiger partial charge in [-0.2, -0.15) is 5.26 Å². The summed E-state index contributed by atoms with van der Waals surface area (Å²) in [6.45, 7) is 6.06. The molecule has 4 rings (SSSR count). The summed E-state index contributed by atoms with van der Waals surface area (Å²) in [6.07, 6.45) is 10.0. The molecular formula is C22H31NO3. The second-order valence-corrected chi connectivity index (χ2v) is 9.70. The molecule has 0 aliphatic heterocycles. The summed E-state index contributed by atoms with van der Waals surface area (Å²) in [4.78, 5) is 11.3. The largest absolute Gasteiger partial charge is 0.462 e. The number of fused-ring (bicyclic) bond motifs is 5. The number of nitrogens with zero attached hydrogens (tertiary/aromatic N) is 1. The van der Waals surface area contributed by atoms with Crippen LogP contribution in [0.1, 0.15) is 72.1 Å². The maximum absolute atomic E-state index is 11.3. The smallest absolute Gasteiger partial charge is 0.302 e. The summed E-state index contributed by atoms with van der Waals surface area (Å²) in [5.74, 6) is 1.45. The van der Waals surface area contributed by atoms with Crippen LogP contribution in [0.3, 0.4) is 0 Å². The molecule has 4 aliphatic rings. The zero-order valence-corrected chi connectivity index (χ0v) is 16.3. The molecule has 0 heterocycles. The molecule has 0 aromatic rings. The first-order valence-corrected chi connectivity index (χ1v) is 10.2. The number of nitriles is 1. The topological polar surface area (TPSA) is 70.3 Å². The van der Waals surface area contributed by atoms with Crippen LogP contribution in [-0.4, -0.2) is 22.8 Å². The van der Waals surface area contributed by atoms with E-state index in [9.17, 15) is 15.2 Å². The lowest BCUT2D eigenvalue weighted by Crippen LogP contribution is -2.54. The van der Waals surface area contributed by atoms with Crippen molar-refractivity contribution in [3.8, 4) is 6.07 Å². The summed E-state index contributed by atoms with van der Waals surface area (Å²) in [5.41, 5.74) is 0.252. The van der Waals surface area contributed by atoms with E-state index in [0.717, 1.165) is 44.9 Å². The Hall–Kier alpha value is -1.34. The molecule has 0 aromatic heterocycles. The van der Waals surface area contributed by atoms with Gasteiger partial charge in [0.2, 0.25) is 0 Å². The van der Waals surface area contributed by atoms with Gasteiger partial charge < -0.3 is 9.84 Å². The third-order valence-electron chi connectivity index (χ3n) is 8.73. The van der Waals surface area contributed by atoms with E-state index in [4.69, 9.17) is 4.74 Å². The van der Waals surface area contributed by atoms with E-state index in [-0.39, 0.29) is 22.9 Å². The Kier molecular flexibility index (Phi) is 4.04. The van der Waals surface area contributed by atoms with Crippen LogP contribution in [0.4, 0.5) is 0 Å². The summed E-state index contributed by atoms with van der Waals surface area (Å²) in [7, 11) is 0. The Bertz CT molecular complexity index is 694. The summed E-state index contributed by atoms with van der Waals surface area (Å²) < 4.78 is 5.50. The van der Waals surface area contributed by atoms with Gasteiger partial charge in [-0.15, -0.1) is 0 Å². The molecule has 0 unspecified atom stereocenters. The molecule has 7 atom stereocenters. The van der Waals surface area contributed by atoms with Crippen LogP contribution in [0.25, 0.3) is 0 Å². The summed E-state index contributed by atoms with van der Waals surface area (Å²) in [5, 5.41) is 20.5. The number of allylic oxidation sites excluding steroid dienone is 1. The van der Waals surface area contributed by atoms with E-state index >= 15 is 0 Å². The number of carbonyl (C=O) groups is 1. The van der Waals surface area contributed by atoms with Gasteiger partial charge in [-0.05, 0) is 68.1 Å². The zero-order chi connectivity index (χ0) is 18.7. The number of rotatable bonds is 1. The van der Waals surface area contributed by atoms with Crippen molar-refractivity contribution < 1.29 is 14.6 Å². The molecule has 0 bridgehead atoms. The second-order valence-electron chi connectivity index (χ2n) is 9.70. The number of ether oxygens (including phenoxy) is 1. The van der Waals surface area contributed by atoms with Crippen molar-refractivity contribution in [3.05, 3.63) is 11.6 Å². The number of carbonyl (C=O) groups excluding carboxylic acids is 1. The molecule has 4 nitrogen and oxygen atoms in total. The first-order valence-electron chi connectivity index (χ1n) is 10.2. The number of aliphatic hydroxyl groups is 1. The average molecular weight is 357 g/mol. The molecule has 3 fully saturated rings. The molecule has 1 N–H and O–H groups in total. The summed E-state index contributed by atoms with van der Waals surface area (Å²) in [6, 6.07) is 2.26. The van der Waals surface area contributed by atoms with Crippen LogP contribution in [0.15, 0.2) is 11.6 Å². The van der Waals surface area contributed by atoms with Crippen LogP contribution >= 0.6 is 0 Å². The fraction of sp³-hybridized carbons (Fsp3) is 0.818. The van der Waals surface area contributed by atoms with E-state index in [1.165, 1.54) is 12.5 Å². The van der Waals surface area contributed by atoms with Gasteiger partial charge in [0, 0.05) is 18.8 Å². The SMILES string of the molecule is CC(=O)O[C@@H]1CC[C@@]2(C)C(=CC[C@H]3[C@H]2CC[C@@]2(C)[C@H]3CC[C@]2(O)C#N)C1. The Morgan fingerprint density at radius 2 is 1.96 bits per heavy atom. The molecule has 26 heavy (non-hydrogen) atoms. The standard InChI is InChI=1S/C22H31NO3/c1-14(24)26-16-6-9-20(2)15(12-16)4-5-17-18(20)7-10-21(3)19(17)8-11-22(21,25)13-23/h4,16-19,25H,5-12H2,1-3H3/t16-,17+,18-,19+,20+,21+,22+/m1/s1. The zero-order valence-electron chi connectivity index (χ0n) is 16.3. The first kappa shape index (κ1) is 18.0. The van der Waals surface area contributed by atoms with E-state index in [2.05, 4.69) is 26.0 Å². The Morgan fingerprint density at radius 1 is 1.23 bits per heavy atom. The minimum atomic E-state index is -1.15. The number of hydrogen-bond acceptors (Lipinski definition) is 4. The van der Waals surface area contributed by atoms with Crippen molar-refractivity contribution in [2.75, 3.05) is 0 Å². The normalized spacial score (nSPS) is 49.9. The predicted octanol–water partition coefficient (Wildman–Crippen LogP) is 4.14. The number of esters is 1. The molecule has 0 amide bonds. The van der Waals surface area contributed by atoms with Crippen molar-refractivity contribution >= 4 is 5.97 Å². The third kappa shape index (κ3) is 2.32. The van der Waals surface area contributed by atoms with Crippen LogP contribution < -0.4 is 0 Å². The number of hydrogen-bond donors (Lipinski definition) is 1. The molecule has 0 aromatic carbocycles. The first-order chi connectivity index (χ1) is 12.2. The highest BCUT2D eigenvalue weighted by atomic mass is 16.5. The Labute approximate surface area is 156 Å². The van der Waals surface area contributed by atoms with E-state index < -0.39 is 5.60 Å². The lowest BCUT2D eigenvalue weighted by atomic mass is 9.47. The van der Waals surface area contributed by atoms with Gasteiger partial charge in [-0.25, -0.2) is 0 Å². The van der Waals surface area contributed by atoms with Crippen molar-refractivity contribution in [1.82, 2.24) is 0 Å². The maximum atomic E-state index is 11.3. The Balaban J connectivity index is 1.61. The molecule has 4 aliphatic carbocycles. The van der Waals surface area contributed by atoms with Crippen LogP contribution in [0.2, 0.25) is 0 Å². The van der Waals surface area contributed by atoms with E-state index in [1.54, 1.807) is 0 Å². The minimum Gasteiger partial charge on any atom is -0.462 e. The molecule has 0 spiro atoms. The van der Waals surface area contributed by atoms with Crippen LogP contribution in [0, 0.1) is 39.9 Å². The van der Waals surface area contributed by atoms with Gasteiger partial charge in [0.1, 0.15) is 6.10 Å². The highest BCUT2D eigenvalue weighted by Crippen LogP contribution is 2.67. The monoisotopic (exact) mass is 357 g/mol. The van der Waals surface area contributed by atoms with Crippen molar-refractivity contribution in [2.24, 2.45) is 28.6 Å². The van der Waals surface area contributed by atoms with E-state index in [1.807, 2.05) is 0 Å². The van der Waals surface area contributed by atoms with Gasteiger partial charge in [0.25, 0.3) is 0 Å². The lowest BCUT2D eigenvalue weighted by Gasteiger charge is -2.58. The molecule has 0 saturated heterocycles. The van der Waals surface area contributed by atoms with Crippen LogP contribution in [0.5, 0.6) is 0 Å². The fourth-order valence-corrected chi connectivity index (χ4v) is 7.16. The predicted molar refractivity (Wildman–Crippen MR) is 97.8 cm³/mol. The highest BCUT2D eigenvalue weighted by Gasteiger charge is 2.64. The van der Waals surface area contributed by atoms with Gasteiger partial charge in [0.05, 0.1) is 6.07 Å². The quantitative estimate of drug-likeness (QED) is 0.435.